The molecule has 1 fully saturated rings. The van der Waals surface area contributed by atoms with Crippen molar-refractivity contribution in [2.24, 2.45) is 0 Å². The predicted molar refractivity (Wildman–Crippen MR) is 62.3 cm³/mol. The van der Waals surface area contributed by atoms with E-state index in [4.69, 9.17) is 9.47 Å². The van der Waals surface area contributed by atoms with Crippen molar-refractivity contribution in [2.45, 2.75) is 38.3 Å². The summed E-state index contributed by atoms with van der Waals surface area (Å²) in [5.74, 6) is -0.613. The lowest BCUT2D eigenvalue weighted by Gasteiger charge is -2.23. The first-order valence-electron chi connectivity index (χ1n) is 5.68. The topological polar surface area (TPSA) is 55.8 Å². The van der Waals surface area contributed by atoms with Crippen molar-refractivity contribution in [1.29, 1.82) is 0 Å². The Morgan fingerprint density at radius 1 is 1.29 bits per heavy atom. The Morgan fingerprint density at radius 3 is 2.65 bits per heavy atom. The maximum absolute atomic E-state index is 11.3. The average molecular weight is 236 g/mol. The van der Waals surface area contributed by atoms with Gasteiger partial charge in [-0.15, -0.1) is 0 Å². The third kappa shape index (κ3) is 2.18. The Bertz CT molecular complexity index is 394. The lowest BCUT2D eigenvalue weighted by molar-refractivity contribution is -0.158. The second-order valence-corrected chi connectivity index (χ2v) is 4.04. The zero-order valence-electron chi connectivity index (χ0n) is 9.87. The molecule has 4 heteroatoms. The summed E-state index contributed by atoms with van der Waals surface area (Å²) in [4.78, 5) is 11.3. The summed E-state index contributed by atoms with van der Waals surface area (Å²) in [5.41, 5.74) is 0.818. The normalized spacial score (nSPS) is 37.4. The summed E-state index contributed by atoms with van der Waals surface area (Å²) in [6, 6.07) is 0. The van der Waals surface area contributed by atoms with Gasteiger partial charge in [0, 0.05) is 5.57 Å². The SMILES string of the molecule is CC=CC1OC(C=CC)C2OC(=O)C(O)C=C12. The molecule has 1 saturated heterocycles. The van der Waals surface area contributed by atoms with Crippen LogP contribution in [0.4, 0.5) is 0 Å². The summed E-state index contributed by atoms with van der Waals surface area (Å²) < 4.78 is 11.0. The molecular weight excluding hydrogens is 220 g/mol. The molecule has 4 atom stereocenters. The van der Waals surface area contributed by atoms with Gasteiger partial charge in [-0.1, -0.05) is 24.3 Å². The van der Waals surface area contributed by atoms with Gasteiger partial charge < -0.3 is 14.6 Å². The summed E-state index contributed by atoms with van der Waals surface area (Å²) in [6.45, 7) is 3.78. The number of fused-ring (bicyclic) bond motifs is 1. The van der Waals surface area contributed by atoms with Crippen LogP contribution in [0, 0.1) is 0 Å². The highest BCUT2D eigenvalue weighted by Crippen LogP contribution is 2.33. The minimum Gasteiger partial charge on any atom is -0.452 e. The monoisotopic (exact) mass is 236 g/mol. The standard InChI is InChI=1S/C13H16O4/c1-3-5-10-8-7-9(14)13(15)17-12(8)11(16-10)6-4-2/h3-7,9-12,14H,1-2H3. The number of esters is 1. The molecule has 0 radical (unpaired) electrons. The smallest absolute Gasteiger partial charge is 0.339 e. The third-order valence-electron chi connectivity index (χ3n) is 2.84. The number of allylic oxidation sites excluding steroid dienone is 2. The van der Waals surface area contributed by atoms with Gasteiger partial charge in [0.1, 0.15) is 12.2 Å². The van der Waals surface area contributed by atoms with Crippen LogP contribution in [0.25, 0.3) is 0 Å². The molecule has 2 aliphatic heterocycles. The second-order valence-electron chi connectivity index (χ2n) is 4.04. The zero-order valence-corrected chi connectivity index (χ0v) is 9.87. The van der Waals surface area contributed by atoms with Crippen LogP contribution in [-0.2, 0) is 14.3 Å². The van der Waals surface area contributed by atoms with E-state index >= 15 is 0 Å². The summed E-state index contributed by atoms with van der Waals surface area (Å²) >= 11 is 0. The highest BCUT2D eigenvalue weighted by Gasteiger charge is 2.43. The zero-order chi connectivity index (χ0) is 12.4. The van der Waals surface area contributed by atoms with Crippen LogP contribution in [0.1, 0.15) is 13.8 Å². The number of hydrogen-bond donors (Lipinski definition) is 1. The molecule has 0 aliphatic carbocycles. The maximum Gasteiger partial charge on any atom is 0.339 e. The summed E-state index contributed by atoms with van der Waals surface area (Å²) in [7, 11) is 0. The second kappa shape index (κ2) is 4.85. The van der Waals surface area contributed by atoms with Crippen LogP contribution >= 0.6 is 0 Å². The van der Waals surface area contributed by atoms with Gasteiger partial charge in [-0.3, -0.25) is 0 Å². The van der Waals surface area contributed by atoms with Crippen LogP contribution in [0.3, 0.4) is 0 Å². The molecule has 92 valence electrons. The first kappa shape index (κ1) is 12.1. The summed E-state index contributed by atoms with van der Waals surface area (Å²) in [6.07, 6.45) is 6.91. The van der Waals surface area contributed by atoms with Gasteiger partial charge in [-0.05, 0) is 19.9 Å². The summed E-state index contributed by atoms with van der Waals surface area (Å²) in [5, 5.41) is 9.48. The minimum atomic E-state index is -1.18. The lowest BCUT2D eigenvalue weighted by Crippen LogP contribution is -2.36. The molecule has 2 heterocycles. The van der Waals surface area contributed by atoms with E-state index in [0.29, 0.717) is 0 Å². The first-order chi connectivity index (χ1) is 8.17. The van der Waals surface area contributed by atoms with Crippen molar-refractivity contribution in [1.82, 2.24) is 0 Å². The quantitative estimate of drug-likeness (QED) is 0.576. The van der Waals surface area contributed by atoms with E-state index in [9.17, 15) is 9.90 Å². The van der Waals surface area contributed by atoms with E-state index < -0.39 is 18.2 Å². The Labute approximate surface area is 100 Å². The Balaban J connectivity index is 2.32. The maximum atomic E-state index is 11.3. The lowest BCUT2D eigenvalue weighted by atomic mass is 9.98. The molecule has 0 bridgehead atoms. The van der Waals surface area contributed by atoms with Crippen molar-refractivity contribution < 1.29 is 19.4 Å². The molecule has 4 unspecified atom stereocenters. The van der Waals surface area contributed by atoms with Gasteiger partial charge in [-0.2, -0.15) is 0 Å². The van der Waals surface area contributed by atoms with Crippen LogP contribution in [0.15, 0.2) is 36.0 Å². The van der Waals surface area contributed by atoms with E-state index in [2.05, 4.69) is 0 Å². The number of aliphatic hydroxyl groups excluding tert-OH is 1. The molecule has 0 aromatic heterocycles. The molecular formula is C13H16O4. The minimum absolute atomic E-state index is 0.228. The van der Waals surface area contributed by atoms with Gasteiger partial charge in [0.15, 0.2) is 12.2 Å². The van der Waals surface area contributed by atoms with E-state index in [-0.39, 0.29) is 12.2 Å². The van der Waals surface area contributed by atoms with E-state index in [1.165, 1.54) is 6.08 Å². The number of carbonyl (C=O) groups excluding carboxylic acids is 1. The van der Waals surface area contributed by atoms with E-state index in [1.54, 1.807) is 0 Å². The molecule has 2 rings (SSSR count). The number of rotatable bonds is 2. The molecule has 0 aromatic carbocycles. The third-order valence-corrected chi connectivity index (χ3v) is 2.84. The first-order valence-corrected chi connectivity index (χ1v) is 5.68. The van der Waals surface area contributed by atoms with Crippen LogP contribution in [0.2, 0.25) is 0 Å². The van der Waals surface area contributed by atoms with Crippen molar-refractivity contribution in [3.05, 3.63) is 36.0 Å². The molecule has 1 N–H and O–H groups in total. The van der Waals surface area contributed by atoms with Crippen molar-refractivity contribution in [3.63, 3.8) is 0 Å². The molecule has 0 saturated carbocycles. The van der Waals surface area contributed by atoms with Gasteiger partial charge in [0.25, 0.3) is 0 Å². The van der Waals surface area contributed by atoms with Gasteiger partial charge in [-0.25, -0.2) is 4.79 Å². The number of carbonyl (C=O) groups is 1. The molecule has 17 heavy (non-hydrogen) atoms. The molecule has 0 aromatic rings. The highest BCUT2D eigenvalue weighted by molar-refractivity contribution is 5.79. The average Bonchev–Trinajstić information content (AvgIpc) is 2.60. The Kier molecular flexibility index (Phi) is 3.45. The molecule has 2 aliphatic rings. The number of ether oxygens (including phenoxy) is 2. The van der Waals surface area contributed by atoms with Crippen LogP contribution < -0.4 is 0 Å². The number of hydrogen-bond acceptors (Lipinski definition) is 4. The molecule has 0 spiro atoms. The highest BCUT2D eigenvalue weighted by atomic mass is 16.6. The molecule has 4 nitrogen and oxygen atoms in total. The van der Waals surface area contributed by atoms with Crippen LogP contribution in [-0.4, -0.2) is 35.5 Å². The fourth-order valence-electron chi connectivity index (χ4n) is 2.11. The van der Waals surface area contributed by atoms with Crippen LogP contribution in [0.5, 0.6) is 0 Å². The van der Waals surface area contributed by atoms with E-state index in [1.807, 2.05) is 38.2 Å². The Morgan fingerprint density at radius 2 is 2.00 bits per heavy atom. The Hall–Kier alpha value is -1.39. The van der Waals surface area contributed by atoms with Gasteiger partial charge in [0.2, 0.25) is 0 Å². The van der Waals surface area contributed by atoms with Crippen molar-refractivity contribution >= 4 is 5.97 Å². The van der Waals surface area contributed by atoms with Gasteiger partial charge >= 0.3 is 5.97 Å². The van der Waals surface area contributed by atoms with E-state index in [0.717, 1.165) is 5.57 Å². The predicted octanol–water partition coefficient (Wildman–Crippen LogP) is 1.12. The van der Waals surface area contributed by atoms with Gasteiger partial charge in [0.05, 0.1) is 0 Å². The fraction of sp³-hybridized carbons (Fsp3) is 0.462. The van der Waals surface area contributed by atoms with Crippen molar-refractivity contribution in [3.8, 4) is 0 Å². The number of aliphatic hydroxyl groups is 1. The van der Waals surface area contributed by atoms with Crippen molar-refractivity contribution in [2.75, 3.05) is 0 Å². The largest absolute Gasteiger partial charge is 0.452 e. The molecule has 0 amide bonds. The fourth-order valence-corrected chi connectivity index (χ4v) is 2.11.